The van der Waals surface area contributed by atoms with E-state index < -0.39 is 22.2 Å². The summed E-state index contributed by atoms with van der Waals surface area (Å²) in [4.78, 5) is 38.7. The van der Waals surface area contributed by atoms with E-state index in [0.29, 0.717) is 24.2 Å². The van der Waals surface area contributed by atoms with E-state index >= 15 is 0 Å². The molecule has 0 N–H and O–H groups in total. The topological polar surface area (TPSA) is 80.5 Å². The number of hydrogen-bond donors (Lipinski definition) is 0. The monoisotopic (exact) mass is 338 g/mol. The van der Waals surface area contributed by atoms with Crippen LogP contribution in [0.1, 0.15) is 36.5 Å². The highest BCUT2D eigenvalue weighted by atomic mass is 16.6. The minimum atomic E-state index is -2.26. The molecule has 0 aromatic heterocycles. The van der Waals surface area contributed by atoms with Gasteiger partial charge in [0.2, 0.25) is 0 Å². The van der Waals surface area contributed by atoms with Gasteiger partial charge in [-0.1, -0.05) is 43.7 Å². The number of anilines is 2. The van der Waals surface area contributed by atoms with Gasteiger partial charge in [0.15, 0.2) is 0 Å². The van der Waals surface area contributed by atoms with Crippen molar-refractivity contribution in [3.63, 3.8) is 0 Å². The summed E-state index contributed by atoms with van der Waals surface area (Å²) in [5, 5.41) is 11.9. The molecule has 6 nitrogen and oxygen atoms in total. The van der Waals surface area contributed by atoms with Crippen LogP contribution in [-0.2, 0) is 4.79 Å². The highest BCUT2D eigenvalue weighted by molar-refractivity contribution is 6.29. The Morgan fingerprint density at radius 2 is 1.68 bits per heavy atom. The Bertz CT molecular complexity index is 834. The number of fused-ring (bicyclic) bond motifs is 1. The molecule has 1 aliphatic rings. The summed E-state index contributed by atoms with van der Waals surface area (Å²) in [5.41, 5.74) is -1.16. The van der Waals surface area contributed by atoms with Crippen molar-refractivity contribution in [2.45, 2.75) is 31.7 Å². The molecule has 3 rings (SSSR count). The first-order chi connectivity index (χ1) is 12.0. The van der Waals surface area contributed by atoms with Gasteiger partial charge in [0, 0.05) is 17.0 Å². The first-order valence-electron chi connectivity index (χ1n) is 8.22. The average Bonchev–Trinajstić information content (AvgIpc) is 2.63. The van der Waals surface area contributed by atoms with Crippen LogP contribution in [0.25, 0.3) is 0 Å². The minimum Gasteiger partial charge on any atom is -0.285 e. The van der Waals surface area contributed by atoms with Gasteiger partial charge in [0.1, 0.15) is 0 Å². The molecular weight excluding hydrogens is 320 g/mol. The van der Waals surface area contributed by atoms with Gasteiger partial charge in [-0.3, -0.25) is 24.6 Å². The van der Waals surface area contributed by atoms with Gasteiger partial charge in [-0.25, -0.2) is 0 Å². The highest BCUT2D eigenvalue weighted by Gasteiger charge is 2.63. The second-order valence-electron chi connectivity index (χ2n) is 6.04. The maximum Gasteiger partial charge on any atom is 0.360 e. The van der Waals surface area contributed by atoms with Crippen LogP contribution in [0.15, 0.2) is 54.6 Å². The third-order valence-corrected chi connectivity index (χ3v) is 4.54. The van der Waals surface area contributed by atoms with Gasteiger partial charge < -0.3 is 0 Å². The van der Waals surface area contributed by atoms with Crippen LogP contribution in [0.3, 0.4) is 0 Å². The molecule has 0 aliphatic carbocycles. The number of para-hydroxylation sites is 2. The number of benzene rings is 2. The average molecular weight is 338 g/mol. The lowest BCUT2D eigenvalue weighted by atomic mass is 9.79. The smallest absolute Gasteiger partial charge is 0.285 e. The number of carbonyl (C=O) groups is 2. The largest absolute Gasteiger partial charge is 0.360 e. The summed E-state index contributed by atoms with van der Waals surface area (Å²) in [5.74, 6) is -1.51. The van der Waals surface area contributed by atoms with Crippen LogP contribution in [0, 0.1) is 10.1 Å². The maximum absolute atomic E-state index is 13.2. The molecule has 0 saturated carbocycles. The van der Waals surface area contributed by atoms with Gasteiger partial charge in [0.05, 0.1) is 11.3 Å². The zero-order valence-corrected chi connectivity index (χ0v) is 13.8. The second kappa shape index (κ2) is 6.47. The number of carbonyl (C=O) groups excluding carboxylic acids is 2. The van der Waals surface area contributed by atoms with Crippen LogP contribution < -0.4 is 4.90 Å². The lowest BCUT2D eigenvalue weighted by molar-refractivity contribution is -0.534. The molecule has 0 bridgehead atoms. The van der Waals surface area contributed by atoms with Crippen molar-refractivity contribution in [1.82, 2.24) is 0 Å². The molecule has 0 spiro atoms. The Hall–Kier alpha value is -3.02. The normalized spacial score (nSPS) is 19.6. The number of nitro groups is 1. The number of Topliss-reactive ketones (excluding diaryl/α,β-unsaturated/α-hetero) is 1. The molecule has 0 fully saturated rings. The van der Waals surface area contributed by atoms with E-state index in [2.05, 4.69) is 0 Å². The first kappa shape index (κ1) is 16.8. The van der Waals surface area contributed by atoms with Crippen molar-refractivity contribution in [3.8, 4) is 0 Å². The molecule has 2 aromatic carbocycles. The Morgan fingerprint density at radius 1 is 1.04 bits per heavy atom. The molecule has 0 radical (unpaired) electrons. The summed E-state index contributed by atoms with van der Waals surface area (Å²) < 4.78 is 0. The standard InChI is InChI=1S/C19H18N2O4/c1-2-3-13-19(21(24)25)17(22)15-11-7-8-12-16(15)20(18(19)23)14-9-5-4-6-10-14/h4-12H,2-3,13H2,1H3. The van der Waals surface area contributed by atoms with Crippen molar-refractivity contribution in [2.75, 3.05) is 4.90 Å². The zero-order valence-electron chi connectivity index (χ0n) is 13.8. The van der Waals surface area contributed by atoms with Gasteiger partial charge in [-0.2, -0.15) is 0 Å². The molecule has 1 aliphatic heterocycles. The van der Waals surface area contributed by atoms with E-state index in [0.717, 1.165) is 0 Å². The van der Waals surface area contributed by atoms with E-state index in [1.807, 2.05) is 6.92 Å². The van der Waals surface area contributed by atoms with E-state index in [4.69, 9.17) is 0 Å². The number of hydrogen-bond acceptors (Lipinski definition) is 4. The lowest BCUT2D eigenvalue weighted by Gasteiger charge is -2.35. The summed E-state index contributed by atoms with van der Waals surface area (Å²) in [7, 11) is 0. The Labute approximate surface area is 145 Å². The van der Waals surface area contributed by atoms with Crippen LogP contribution >= 0.6 is 0 Å². The molecule has 1 amide bonds. The summed E-state index contributed by atoms with van der Waals surface area (Å²) in [6.45, 7) is 1.87. The van der Waals surface area contributed by atoms with Gasteiger partial charge in [-0.15, -0.1) is 0 Å². The molecular formula is C19H18N2O4. The first-order valence-corrected chi connectivity index (χ1v) is 8.22. The fraction of sp³-hybridized carbons (Fsp3) is 0.263. The van der Waals surface area contributed by atoms with Crippen molar-refractivity contribution >= 4 is 23.1 Å². The van der Waals surface area contributed by atoms with Crippen molar-refractivity contribution in [2.24, 2.45) is 0 Å². The maximum atomic E-state index is 13.2. The van der Waals surface area contributed by atoms with Crippen LogP contribution in [0.4, 0.5) is 11.4 Å². The molecule has 2 aromatic rings. The molecule has 1 unspecified atom stereocenters. The van der Waals surface area contributed by atoms with E-state index in [1.54, 1.807) is 54.6 Å². The third-order valence-electron chi connectivity index (χ3n) is 4.54. The fourth-order valence-corrected chi connectivity index (χ4v) is 3.21. The number of rotatable bonds is 5. The van der Waals surface area contributed by atoms with E-state index in [-0.39, 0.29) is 12.0 Å². The van der Waals surface area contributed by atoms with Crippen LogP contribution in [0.2, 0.25) is 0 Å². The summed E-state index contributed by atoms with van der Waals surface area (Å²) >= 11 is 0. The fourth-order valence-electron chi connectivity index (χ4n) is 3.21. The Kier molecular flexibility index (Phi) is 4.35. The van der Waals surface area contributed by atoms with Crippen LogP contribution in [-0.4, -0.2) is 22.2 Å². The number of unbranched alkanes of at least 4 members (excludes halogenated alkanes) is 1. The highest BCUT2D eigenvalue weighted by Crippen LogP contribution is 2.41. The predicted octanol–water partition coefficient (Wildman–Crippen LogP) is 3.75. The van der Waals surface area contributed by atoms with Gasteiger partial charge >= 0.3 is 11.4 Å². The summed E-state index contributed by atoms with van der Waals surface area (Å²) in [6.07, 6.45) is 0.970. The van der Waals surface area contributed by atoms with E-state index in [1.165, 1.54) is 4.90 Å². The molecule has 0 saturated heterocycles. The number of ketones is 1. The SMILES string of the molecule is CCCCC1([N+](=O)[O-])C(=O)c2ccccc2N(c2ccccc2)C1=O. The Morgan fingerprint density at radius 3 is 2.32 bits per heavy atom. The van der Waals surface area contributed by atoms with E-state index in [9.17, 15) is 19.7 Å². The summed E-state index contributed by atoms with van der Waals surface area (Å²) in [6, 6.07) is 15.3. The zero-order chi connectivity index (χ0) is 18.0. The van der Waals surface area contributed by atoms with Crippen molar-refractivity contribution in [3.05, 3.63) is 70.3 Å². The lowest BCUT2D eigenvalue weighted by Crippen LogP contribution is -2.61. The molecule has 25 heavy (non-hydrogen) atoms. The quantitative estimate of drug-likeness (QED) is 0.472. The Balaban J connectivity index is 2.26. The molecule has 1 heterocycles. The van der Waals surface area contributed by atoms with Gasteiger partial charge in [0.25, 0.3) is 5.78 Å². The minimum absolute atomic E-state index is 0.105. The van der Waals surface area contributed by atoms with Crippen LogP contribution in [0.5, 0.6) is 0 Å². The predicted molar refractivity (Wildman–Crippen MR) is 93.6 cm³/mol. The molecule has 128 valence electrons. The second-order valence-corrected chi connectivity index (χ2v) is 6.04. The van der Waals surface area contributed by atoms with Gasteiger partial charge in [-0.05, 0) is 30.7 Å². The molecule has 1 atom stereocenters. The number of amides is 1. The molecule has 6 heteroatoms. The third kappa shape index (κ3) is 2.50. The number of nitrogens with zero attached hydrogens (tertiary/aromatic N) is 2. The van der Waals surface area contributed by atoms with Crippen molar-refractivity contribution in [1.29, 1.82) is 0 Å². The van der Waals surface area contributed by atoms with Crippen molar-refractivity contribution < 1.29 is 14.5 Å².